The number of anilines is 1. The molecule has 0 aliphatic heterocycles. The van der Waals surface area contributed by atoms with Gasteiger partial charge >= 0.3 is 6.09 Å². The fourth-order valence-electron chi connectivity index (χ4n) is 4.57. The van der Waals surface area contributed by atoms with Gasteiger partial charge < -0.3 is 23.2 Å². The minimum Gasteiger partial charge on any atom is -0.756 e. The number of amides is 1. The highest BCUT2D eigenvalue weighted by Crippen LogP contribution is 2.38. The molecule has 1 amide bonds. The van der Waals surface area contributed by atoms with Crippen molar-refractivity contribution >= 4 is 31.2 Å². The van der Waals surface area contributed by atoms with Crippen molar-refractivity contribution in [1.82, 2.24) is 0 Å². The number of hydrogen-bond acceptors (Lipinski definition) is 6. The number of phosphoric acid groups is 1. The molecule has 0 saturated carbocycles. The van der Waals surface area contributed by atoms with Crippen LogP contribution in [0.15, 0.2) is 24.3 Å². The average Bonchev–Trinajstić information content (AvgIpc) is 2.91. The summed E-state index contributed by atoms with van der Waals surface area (Å²) in [7, 11) is 1.33. The molecule has 244 valence electrons. The lowest BCUT2D eigenvalue weighted by atomic mass is 10.0. The number of nitrogens with one attached hydrogen (secondary N) is 1. The van der Waals surface area contributed by atoms with Gasteiger partial charge in [0, 0.05) is 10.7 Å². The molecule has 0 fully saturated rings. The summed E-state index contributed by atoms with van der Waals surface area (Å²) in [6.45, 7) is 2.51. The Kier molecular flexibility index (Phi) is 21.5. The summed E-state index contributed by atoms with van der Waals surface area (Å²) >= 11 is 5.91. The van der Waals surface area contributed by atoms with E-state index in [1.807, 2.05) is 21.1 Å². The van der Waals surface area contributed by atoms with Crippen molar-refractivity contribution in [2.45, 2.75) is 122 Å². The van der Waals surface area contributed by atoms with Crippen molar-refractivity contribution in [2.24, 2.45) is 0 Å². The summed E-state index contributed by atoms with van der Waals surface area (Å²) in [6.07, 6.45) is 19.4. The van der Waals surface area contributed by atoms with Gasteiger partial charge in [0.25, 0.3) is 7.82 Å². The lowest BCUT2D eigenvalue weighted by Gasteiger charge is -2.28. The third kappa shape index (κ3) is 23.3. The van der Waals surface area contributed by atoms with Crippen molar-refractivity contribution in [3.8, 4) is 0 Å². The van der Waals surface area contributed by atoms with E-state index < -0.39 is 20.0 Å². The number of phosphoric ester groups is 1. The molecule has 0 aliphatic rings. The van der Waals surface area contributed by atoms with Crippen LogP contribution in [-0.2, 0) is 18.3 Å². The van der Waals surface area contributed by atoms with Crippen LogP contribution in [-0.4, -0.2) is 57.6 Å². The molecular weight excluding hydrogens is 575 g/mol. The highest BCUT2D eigenvalue weighted by Gasteiger charge is 2.20. The van der Waals surface area contributed by atoms with Crippen LogP contribution in [0, 0.1) is 0 Å². The first-order chi connectivity index (χ1) is 20.0. The first-order valence-corrected chi connectivity index (χ1v) is 18.0. The van der Waals surface area contributed by atoms with Crippen molar-refractivity contribution in [1.29, 1.82) is 0 Å². The Labute approximate surface area is 261 Å². The summed E-state index contributed by atoms with van der Waals surface area (Å²) in [5.74, 6) is 0. The predicted molar refractivity (Wildman–Crippen MR) is 172 cm³/mol. The van der Waals surface area contributed by atoms with Gasteiger partial charge in [0.05, 0.1) is 27.7 Å². The van der Waals surface area contributed by atoms with Crippen LogP contribution in [0.4, 0.5) is 10.5 Å². The Bertz CT molecular complexity index is 866. The van der Waals surface area contributed by atoms with Gasteiger partial charge in [0.2, 0.25) is 0 Å². The van der Waals surface area contributed by atoms with Crippen molar-refractivity contribution in [3.05, 3.63) is 29.3 Å². The second kappa shape index (κ2) is 23.3. The minimum atomic E-state index is -4.51. The molecule has 0 bridgehead atoms. The Hall–Kier alpha value is -1.15. The molecule has 0 heterocycles. The van der Waals surface area contributed by atoms with Crippen molar-refractivity contribution in [3.63, 3.8) is 0 Å². The molecule has 0 radical (unpaired) electrons. The number of benzene rings is 1. The number of quaternary nitrogens is 1. The second-order valence-electron chi connectivity index (χ2n) is 12.3. The van der Waals surface area contributed by atoms with Gasteiger partial charge in [-0.2, -0.15) is 0 Å². The van der Waals surface area contributed by atoms with E-state index in [0.29, 0.717) is 28.2 Å². The number of carbonyl (C=O) groups excluding carboxylic acids is 1. The number of nitrogens with zero attached hydrogens (tertiary/aromatic N) is 1. The number of halogens is 1. The van der Waals surface area contributed by atoms with Crippen LogP contribution in [0.5, 0.6) is 0 Å². The molecule has 0 aliphatic carbocycles. The van der Waals surface area contributed by atoms with Crippen LogP contribution in [0.3, 0.4) is 0 Å². The average molecular weight is 633 g/mol. The standard InChI is InChI=1S/C32H58ClN2O6P/c1-5-6-7-8-9-10-11-12-13-14-15-16-17-18-19-20-21-31(28-40-42(37,38)39-27-26-35(2,3)4)41-32(36)34-30-24-22-29(33)23-25-30/h22-25,31H,5-21,26-28H2,1-4H3,(H-,34,36,37,38). The van der Waals surface area contributed by atoms with Crippen LogP contribution in [0.1, 0.15) is 116 Å². The topological polar surface area (TPSA) is 96.9 Å². The van der Waals surface area contributed by atoms with E-state index in [1.54, 1.807) is 24.3 Å². The molecule has 0 spiro atoms. The highest BCUT2D eigenvalue weighted by molar-refractivity contribution is 7.45. The van der Waals surface area contributed by atoms with Crippen LogP contribution >= 0.6 is 19.4 Å². The first-order valence-electron chi connectivity index (χ1n) is 16.1. The number of ether oxygens (including phenoxy) is 1. The summed E-state index contributed by atoms with van der Waals surface area (Å²) in [6, 6.07) is 6.65. The fraction of sp³-hybridized carbons (Fsp3) is 0.781. The van der Waals surface area contributed by atoms with E-state index in [2.05, 4.69) is 12.2 Å². The van der Waals surface area contributed by atoms with Gasteiger partial charge in [-0.1, -0.05) is 115 Å². The van der Waals surface area contributed by atoms with E-state index in [-0.39, 0.29) is 13.2 Å². The number of likely N-dealkylation sites (N-methyl/N-ethyl adjacent to an activating group) is 1. The van der Waals surface area contributed by atoms with E-state index in [4.69, 9.17) is 25.4 Å². The maximum Gasteiger partial charge on any atom is 0.411 e. The third-order valence-electron chi connectivity index (χ3n) is 7.17. The molecule has 0 aromatic heterocycles. The quantitative estimate of drug-likeness (QED) is 0.0621. The van der Waals surface area contributed by atoms with Crippen molar-refractivity contribution < 1.29 is 32.5 Å². The maximum atomic E-state index is 12.5. The predicted octanol–water partition coefficient (Wildman–Crippen LogP) is 9.12. The Morgan fingerprint density at radius 3 is 1.79 bits per heavy atom. The molecular formula is C32H58ClN2O6P. The molecule has 42 heavy (non-hydrogen) atoms. The number of unbranched alkanes of at least 4 members (excludes halogenated alkanes) is 15. The number of rotatable bonds is 26. The highest BCUT2D eigenvalue weighted by atomic mass is 35.5. The van der Waals surface area contributed by atoms with Crippen molar-refractivity contribution in [2.75, 3.05) is 46.2 Å². The molecule has 8 nitrogen and oxygen atoms in total. The smallest absolute Gasteiger partial charge is 0.411 e. The van der Waals surface area contributed by atoms with Gasteiger partial charge in [-0.05, 0) is 37.1 Å². The van der Waals surface area contributed by atoms with Gasteiger partial charge in [0.15, 0.2) is 0 Å². The SMILES string of the molecule is CCCCCCCCCCCCCCCCCCC(COP(=O)([O-])OCC[N+](C)(C)C)OC(=O)Nc1ccc(Cl)cc1. The zero-order valence-corrected chi connectivity index (χ0v) is 28.4. The maximum absolute atomic E-state index is 12.5. The third-order valence-corrected chi connectivity index (χ3v) is 8.39. The van der Waals surface area contributed by atoms with Gasteiger partial charge in [0.1, 0.15) is 19.3 Å². The van der Waals surface area contributed by atoms with Gasteiger partial charge in [-0.3, -0.25) is 9.88 Å². The zero-order valence-electron chi connectivity index (χ0n) is 26.8. The van der Waals surface area contributed by atoms with Crippen LogP contribution < -0.4 is 10.2 Å². The first kappa shape index (κ1) is 38.9. The van der Waals surface area contributed by atoms with E-state index in [1.165, 1.54) is 83.5 Å². The number of carbonyl (C=O) groups is 1. The van der Waals surface area contributed by atoms with Gasteiger partial charge in [-0.25, -0.2) is 4.79 Å². The molecule has 1 aromatic rings. The Morgan fingerprint density at radius 1 is 0.833 bits per heavy atom. The molecule has 10 heteroatoms. The molecule has 1 rings (SSSR count). The lowest BCUT2D eigenvalue weighted by molar-refractivity contribution is -0.870. The zero-order chi connectivity index (χ0) is 31.1. The summed E-state index contributed by atoms with van der Waals surface area (Å²) in [4.78, 5) is 24.7. The number of hydrogen-bond donors (Lipinski definition) is 1. The van der Waals surface area contributed by atoms with Crippen LogP contribution in [0.2, 0.25) is 5.02 Å². The molecule has 1 N–H and O–H groups in total. The Balaban J connectivity index is 2.31. The summed E-state index contributed by atoms with van der Waals surface area (Å²) in [5.41, 5.74) is 0.532. The van der Waals surface area contributed by atoms with E-state index in [9.17, 15) is 14.3 Å². The normalized spacial score (nSPS) is 14.0. The largest absolute Gasteiger partial charge is 0.756 e. The molecule has 2 unspecified atom stereocenters. The second-order valence-corrected chi connectivity index (χ2v) is 14.2. The van der Waals surface area contributed by atoms with E-state index >= 15 is 0 Å². The summed E-state index contributed by atoms with van der Waals surface area (Å²) < 4.78 is 28.5. The molecule has 2 atom stereocenters. The van der Waals surface area contributed by atoms with Gasteiger partial charge in [-0.15, -0.1) is 0 Å². The summed E-state index contributed by atoms with van der Waals surface area (Å²) in [5, 5.41) is 3.20. The van der Waals surface area contributed by atoms with Crippen LogP contribution in [0.25, 0.3) is 0 Å². The monoisotopic (exact) mass is 632 g/mol. The van der Waals surface area contributed by atoms with E-state index in [0.717, 1.165) is 19.3 Å². The Morgan fingerprint density at radius 2 is 1.31 bits per heavy atom. The minimum absolute atomic E-state index is 0.0198. The molecule has 1 aromatic carbocycles. The fourth-order valence-corrected chi connectivity index (χ4v) is 5.42. The lowest BCUT2D eigenvalue weighted by Crippen LogP contribution is -2.37. The molecule has 0 saturated heterocycles.